The summed E-state index contributed by atoms with van der Waals surface area (Å²) < 4.78 is 10.9. The van der Waals surface area contributed by atoms with Crippen molar-refractivity contribution in [3.8, 4) is 5.75 Å². The molecule has 0 radical (unpaired) electrons. The third-order valence-corrected chi connectivity index (χ3v) is 5.12. The minimum absolute atomic E-state index is 0.300. The normalized spacial score (nSPS) is 17.5. The number of methoxy groups -OCH3 is 1. The molecule has 0 fully saturated rings. The molecule has 0 amide bonds. The maximum atomic E-state index is 13.3. The highest BCUT2D eigenvalue weighted by molar-refractivity contribution is 5.99. The maximum absolute atomic E-state index is 13.3. The molecule has 0 bridgehead atoms. The first-order chi connectivity index (χ1) is 14.2. The van der Waals surface area contributed by atoms with Gasteiger partial charge in [0.05, 0.1) is 13.7 Å². The molecule has 3 aromatic rings. The Kier molecular flexibility index (Phi) is 5.09. The second-order valence-corrected chi connectivity index (χ2v) is 6.86. The van der Waals surface area contributed by atoms with Crippen molar-refractivity contribution in [2.75, 3.05) is 19.0 Å². The van der Waals surface area contributed by atoms with Gasteiger partial charge in [0.15, 0.2) is 5.54 Å². The number of carbonyl (C=O) groups excluding carboxylic acids is 1. The number of nitrogens with one attached hydrogen (secondary N) is 1. The molecule has 29 heavy (non-hydrogen) atoms. The first-order valence-electron chi connectivity index (χ1n) is 9.65. The van der Waals surface area contributed by atoms with Gasteiger partial charge < -0.3 is 14.8 Å². The fourth-order valence-electron chi connectivity index (χ4n) is 3.72. The molecule has 0 aromatic heterocycles. The summed E-state index contributed by atoms with van der Waals surface area (Å²) in [5.74, 6) is 0.379. The molecule has 1 aliphatic heterocycles. The zero-order chi connectivity index (χ0) is 20.3. The van der Waals surface area contributed by atoms with Crippen molar-refractivity contribution in [1.29, 1.82) is 0 Å². The van der Waals surface area contributed by atoms with Crippen LogP contribution in [0.4, 0.5) is 5.69 Å². The second-order valence-electron chi connectivity index (χ2n) is 6.86. The molecule has 0 spiro atoms. The van der Waals surface area contributed by atoms with Crippen molar-refractivity contribution >= 4 is 17.2 Å². The molecule has 4 nitrogen and oxygen atoms in total. The molecule has 1 aliphatic rings. The van der Waals surface area contributed by atoms with E-state index in [1.165, 1.54) is 0 Å². The summed E-state index contributed by atoms with van der Waals surface area (Å²) in [6.45, 7) is 2.12. The van der Waals surface area contributed by atoms with Gasteiger partial charge in [-0.3, -0.25) is 0 Å². The maximum Gasteiger partial charge on any atom is 0.340 e. The number of esters is 1. The van der Waals surface area contributed by atoms with Gasteiger partial charge in [-0.1, -0.05) is 60.7 Å². The highest BCUT2D eigenvalue weighted by Crippen LogP contribution is 2.43. The minimum Gasteiger partial charge on any atom is -0.497 e. The van der Waals surface area contributed by atoms with Crippen LogP contribution in [0.1, 0.15) is 23.6 Å². The molecule has 0 saturated carbocycles. The van der Waals surface area contributed by atoms with Gasteiger partial charge in [-0.25, -0.2) is 4.79 Å². The lowest BCUT2D eigenvalue weighted by molar-refractivity contribution is -0.147. The Morgan fingerprint density at radius 2 is 1.66 bits per heavy atom. The van der Waals surface area contributed by atoms with Crippen molar-refractivity contribution in [3.63, 3.8) is 0 Å². The van der Waals surface area contributed by atoms with Crippen LogP contribution in [-0.4, -0.2) is 19.7 Å². The summed E-state index contributed by atoms with van der Waals surface area (Å²) in [5, 5.41) is 3.45. The molecular formula is C25H23NO3. The average Bonchev–Trinajstić information content (AvgIpc) is 2.79. The molecule has 0 aliphatic carbocycles. The fraction of sp³-hybridized carbons (Fsp3) is 0.160. The van der Waals surface area contributed by atoms with Crippen LogP contribution in [0.25, 0.3) is 5.57 Å². The van der Waals surface area contributed by atoms with Crippen molar-refractivity contribution < 1.29 is 14.3 Å². The van der Waals surface area contributed by atoms with Crippen molar-refractivity contribution in [1.82, 2.24) is 0 Å². The zero-order valence-electron chi connectivity index (χ0n) is 16.5. The Morgan fingerprint density at radius 3 is 2.31 bits per heavy atom. The van der Waals surface area contributed by atoms with Crippen LogP contribution in [-0.2, 0) is 15.1 Å². The van der Waals surface area contributed by atoms with Crippen molar-refractivity contribution in [2.45, 2.75) is 12.5 Å². The molecule has 1 atom stereocenters. The Bertz CT molecular complexity index is 1040. The van der Waals surface area contributed by atoms with E-state index in [9.17, 15) is 4.79 Å². The summed E-state index contributed by atoms with van der Waals surface area (Å²) in [7, 11) is 1.63. The van der Waals surface area contributed by atoms with E-state index >= 15 is 0 Å². The number of hydrogen-bond donors (Lipinski definition) is 1. The number of ether oxygens (including phenoxy) is 2. The molecular weight excluding hydrogens is 362 g/mol. The van der Waals surface area contributed by atoms with Gasteiger partial charge >= 0.3 is 5.97 Å². The highest BCUT2D eigenvalue weighted by Gasteiger charge is 2.43. The number of hydrogen-bond acceptors (Lipinski definition) is 4. The van der Waals surface area contributed by atoms with Crippen molar-refractivity contribution in [3.05, 3.63) is 102 Å². The van der Waals surface area contributed by atoms with E-state index in [-0.39, 0.29) is 5.97 Å². The van der Waals surface area contributed by atoms with Gasteiger partial charge in [-0.2, -0.15) is 0 Å². The van der Waals surface area contributed by atoms with E-state index in [1.54, 1.807) is 7.11 Å². The summed E-state index contributed by atoms with van der Waals surface area (Å²) in [4.78, 5) is 13.3. The van der Waals surface area contributed by atoms with Gasteiger partial charge in [-0.15, -0.1) is 0 Å². The average molecular weight is 385 g/mol. The molecule has 1 unspecified atom stereocenters. The van der Waals surface area contributed by atoms with E-state index in [0.717, 1.165) is 33.7 Å². The number of anilines is 1. The van der Waals surface area contributed by atoms with E-state index in [2.05, 4.69) is 5.32 Å². The van der Waals surface area contributed by atoms with E-state index in [0.29, 0.717) is 6.61 Å². The molecule has 4 heteroatoms. The number of rotatable bonds is 5. The van der Waals surface area contributed by atoms with Crippen LogP contribution < -0.4 is 10.1 Å². The number of carbonyl (C=O) groups is 1. The van der Waals surface area contributed by atoms with Crippen LogP contribution in [0.2, 0.25) is 0 Å². The summed E-state index contributed by atoms with van der Waals surface area (Å²) in [5.41, 5.74) is 3.52. The zero-order valence-corrected chi connectivity index (χ0v) is 16.5. The van der Waals surface area contributed by atoms with Gasteiger partial charge in [0.1, 0.15) is 5.75 Å². The van der Waals surface area contributed by atoms with Crippen LogP contribution in [0.5, 0.6) is 5.75 Å². The van der Waals surface area contributed by atoms with Gasteiger partial charge in [0, 0.05) is 17.3 Å². The Labute approximate surface area is 170 Å². The molecule has 0 saturated heterocycles. The molecule has 4 rings (SSSR count). The first-order valence-corrected chi connectivity index (χ1v) is 9.65. The molecule has 1 heterocycles. The van der Waals surface area contributed by atoms with Crippen LogP contribution >= 0.6 is 0 Å². The number of fused-ring (bicyclic) bond motifs is 1. The molecule has 1 N–H and O–H groups in total. The third-order valence-electron chi connectivity index (χ3n) is 5.12. The standard InChI is InChI=1S/C25H23NO3/c1-3-29-24(27)25(19-12-8-5-9-13-19)17-22(18-10-6-4-7-11-18)21-15-14-20(28-2)16-23(21)26-25/h4-17,26H,3H2,1-2H3. The topological polar surface area (TPSA) is 47.6 Å². The quantitative estimate of drug-likeness (QED) is 0.627. The summed E-state index contributed by atoms with van der Waals surface area (Å²) in [6, 6.07) is 25.6. The Hall–Kier alpha value is -3.53. The van der Waals surface area contributed by atoms with Gasteiger partial charge in [0.25, 0.3) is 0 Å². The smallest absolute Gasteiger partial charge is 0.340 e. The SMILES string of the molecule is CCOC(=O)C1(c2ccccc2)C=C(c2ccccc2)c2ccc(OC)cc2N1. The first kappa shape index (κ1) is 18.8. The van der Waals surface area contributed by atoms with Gasteiger partial charge in [-0.05, 0) is 41.8 Å². The second kappa shape index (κ2) is 7.84. The van der Waals surface area contributed by atoms with Gasteiger partial charge in [0.2, 0.25) is 0 Å². The van der Waals surface area contributed by atoms with E-state index in [1.807, 2.05) is 91.9 Å². The largest absolute Gasteiger partial charge is 0.497 e. The summed E-state index contributed by atoms with van der Waals surface area (Å²) >= 11 is 0. The monoisotopic (exact) mass is 385 g/mol. The third kappa shape index (κ3) is 3.38. The predicted molar refractivity (Wildman–Crippen MR) is 115 cm³/mol. The lowest BCUT2D eigenvalue weighted by atomic mass is 9.80. The Morgan fingerprint density at radius 1 is 0.966 bits per heavy atom. The van der Waals surface area contributed by atoms with Crippen LogP contribution in [0.3, 0.4) is 0 Å². The molecule has 146 valence electrons. The molecule has 3 aromatic carbocycles. The summed E-state index contributed by atoms with van der Waals surface area (Å²) in [6.07, 6.45) is 1.98. The minimum atomic E-state index is -1.14. The highest BCUT2D eigenvalue weighted by atomic mass is 16.5. The van der Waals surface area contributed by atoms with Crippen molar-refractivity contribution in [2.24, 2.45) is 0 Å². The fourth-order valence-corrected chi connectivity index (χ4v) is 3.72. The van der Waals surface area contributed by atoms with E-state index in [4.69, 9.17) is 9.47 Å². The predicted octanol–water partition coefficient (Wildman–Crippen LogP) is 5.01. The Balaban J connectivity index is 1.99. The van der Waals surface area contributed by atoms with Crippen LogP contribution in [0.15, 0.2) is 84.9 Å². The lowest BCUT2D eigenvalue weighted by Crippen LogP contribution is -2.45. The number of benzene rings is 3. The van der Waals surface area contributed by atoms with Crippen LogP contribution in [0, 0.1) is 0 Å². The lowest BCUT2D eigenvalue weighted by Gasteiger charge is -2.36. The van der Waals surface area contributed by atoms with E-state index < -0.39 is 5.54 Å².